The standard InChI is InChI=1S/C14H11BrF3N5O3/c15-7-8(23-2-1-6(23)13(25)26)4-3-5(11(20)24)10(19)22-12(4)21-9(7)14(16,17)18/h3,6H,1-2H2,(H2,20,24)(H,25,26)(H2,19,21,22)/t6-/m1/s1. The minimum Gasteiger partial charge on any atom is -0.480 e. The van der Waals surface area contributed by atoms with Crippen molar-refractivity contribution in [1.29, 1.82) is 0 Å². The van der Waals surface area contributed by atoms with E-state index in [0.29, 0.717) is 0 Å². The van der Waals surface area contributed by atoms with Gasteiger partial charge in [0.1, 0.15) is 11.9 Å². The van der Waals surface area contributed by atoms with Crippen molar-refractivity contribution in [2.75, 3.05) is 17.2 Å². The number of carbonyl (C=O) groups is 2. The first-order chi connectivity index (χ1) is 12.0. The summed E-state index contributed by atoms with van der Waals surface area (Å²) in [5.41, 5.74) is 8.89. The summed E-state index contributed by atoms with van der Waals surface area (Å²) in [7, 11) is 0. The Morgan fingerprint density at radius 2 is 2.00 bits per heavy atom. The number of halogens is 4. The predicted molar refractivity (Wildman–Crippen MR) is 88.6 cm³/mol. The van der Waals surface area contributed by atoms with Gasteiger partial charge < -0.3 is 21.5 Å². The van der Waals surface area contributed by atoms with Crippen LogP contribution in [0.25, 0.3) is 11.0 Å². The zero-order valence-electron chi connectivity index (χ0n) is 12.8. The molecule has 26 heavy (non-hydrogen) atoms. The number of nitrogens with two attached hydrogens (primary N) is 2. The van der Waals surface area contributed by atoms with Crippen LogP contribution in [0, 0.1) is 0 Å². The fraction of sp³-hybridized carbons (Fsp3) is 0.286. The van der Waals surface area contributed by atoms with Crippen LogP contribution >= 0.6 is 15.9 Å². The molecule has 0 unspecified atom stereocenters. The first-order valence-corrected chi connectivity index (χ1v) is 7.97. The number of carboxylic acids is 1. The molecule has 0 spiro atoms. The molecular weight excluding hydrogens is 423 g/mol. The number of fused-ring (bicyclic) bond motifs is 1. The summed E-state index contributed by atoms with van der Waals surface area (Å²) in [6.07, 6.45) is -4.55. The Labute approximate surface area is 152 Å². The molecule has 138 valence electrons. The second-order valence-electron chi connectivity index (χ2n) is 5.61. The largest absolute Gasteiger partial charge is 0.480 e. The number of hydrogen-bond acceptors (Lipinski definition) is 6. The van der Waals surface area contributed by atoms with E-state index in [-0.39, 0.29) is 41.1 Å². The van der Waals surface area contributed by atoms with Gasteiger partial charge in [0.25, 0.3) is 5.91 Å². The number of nitrogen functional groups attached to an aromatic ring is 1. The topological polar surface area (TPSA) is 135 Å². The van der Waals surface area contributed by atoms with Gasteiger partial charge in [0.05, 0.1) is 15.7 Å². The van der Waals surface area contributed by atoms with E-state index in [0.717, 1.165) is 0 Å². The molecule has 1 atom stereocenters. The van der Waals surface area contributed by atoms with Gasteiger partial charge in [-0.15, -0.1) is 0 Å². The normalized spacial score (nSPS) is 17.2. The van der Waals surface area contributed by atoms with Gasteiger partial charge in [-0.1, -0.05) is 0 Å². The summed E-state index contributed by atoms with van der Waals surface area (Å²) < 4.78 is 39.6. The van der Waals surface area contributed by atoms with Crippen LogP contribution in [0.3, 0.4) is 0 Å². The van der Waals surface area contributed by atoms with Crippen molar-refractivity contribution >= 4 is 50.3 Å². The Morgan fingerprint density at radius 1 is 1.35 bits per heavy atom. The minimum absolute atomic E-state index is 0.0406. The number of carboxylic acid groups (broad SMARTS) is 1. The second-order valence-corrected chi connectivity index (χ2v) is 6.41. The number of pyridine rings is 2. The maximum Gasteiger partial charge on any atom is 0.434 e. The number of amides is 1. The van der Waals surface area contributed by atoms with Crippen molar-refractivity contribution in [2.45, 2.75) is 18.6 Å². The highest BCUT2D eigenvalue weighted by atomic mass is 79.9. The molecule has 0 radical (unpaired) electrons. The Kier molecular flexibility index (Phi) is 4.17. The zero-order chi connectivity index (χ0) is 19.4. The highest BCUT2D eigenvalue weighted by Crippen LogP contribution is 2.45. The number of aliphatic carboxylic acids is 1. The van der Waals surface area contributed by atoms with Crippen LogP contribution in [0.4, 0.5) is 24.7 Å². The average molecular weight is 434 g/mol. The fourth-order valence-electron chi connectivity index (χ4n) is 2.74. The van der Waals surface area contributed by atoms with E-state index >= 15 is 0 Å². The lowest BCUT2D eigenvalue weighted by Crippen LogP contribution is -2.53. The fourth-order valence-corrected chi connectivity index (χ4v) is 3.49. The first kappa shape index (κ1) is 18.2. The second kappa shape index (κ2) is 5.97. The van der Waals surface area contributed by atoms with Crippen molar-refractivity contribution < 1.29 is 27.9 Å². The lowest BCUT2D eigenvalue weighted by molar-refractivity contribution is -0.141. The molecule has 5 N–H and O–H groups in total. The minimum atomic E-state index is -4.82. The van der Waals surface area contributed by atoms with Gasteiger partial charge in [-0.3, -0.25) is 4.79 Å². The number of rotatable bonds is 3. The van der Waals surface area contributed by atoms with E-state index in [1.165, 1.54) is 11.0 Å². The molecule has 0 saturated carbocycles. The van der Waals surface area contributed by atoms with Gasteiger partial charge in [-0.05, 0) is 28.4 Å². The van der Waals surface area contributed by atoms with Gasteiger partial charge >= 0.3 is 12.1 Å². The van der Waals surface area contributed by atoms with Gasteiger partial charge in [0, 0.05) is 11.9 Å². The van der Waals surface area contributed by atoms with Crippen molar-refractivity contribution in [1.82, 2.24) is 9.97 Å². The summed E-state index contributed by atoms with van der Waals surface area (Å²) in [4.78, 5) is 31.3. The summed E-state index contributed by atoms with van der Waals surface area (Å²) in [5.74, 6) is -2.46. The van der Waals surface area contributed by atoms with Gasteiger partial charge in [-0.25, -0.2) is 14.8 Å². The molecule has 2 aromatic heterocycles. The van der Waals surface area contributed by atoms with E-state index in [1.807, 2.05) is 0 Å². The zero-order valence-corrected chi connectivity index (χ0v) is 14.4. The van der Waals surface area contributed by atoms with Crippen LogP contribution < -0.4 is 16.4 Å². The molecule has 3 heterocycles. The quantitative estimate of drug-likeness (QED) is 0.670. The van der Waals surface area contributed by atoms with Crippen LogP contribution in [0.5, 0.6) is 0 Å². The molecule has 1 aliphatic rings. The third-order valence-electron chi connectivity index (χ3n) is 4.05. The number of alkyl halides is 3. The van der Waals surface area contributed by atoms with Gasteiger partial charge in [0.2, 0.25) is 0 Å². The lowest BCUT2D eigenvalue weighted by atomic mass is 10.00. The van der Waals surface area contributed by atoms with Gasteiger partial charge in [-0.2, -0.15) is 13.2 Å². The number of nitrogens with zero attached hydrogens (tertiary/aromatic N) is 3. The SMILES string of the molecule is NC(=O)c1cc2c(N3CC[C@@H]3C(=O)O)c(Br)c(C(F)(F)F)nc2nc1N. The first-order valence-electron chi connectivity index (χ1n) is 7.18. The monoisotopic (exact) mass is 433 g/mol. The third kappa shape index (κ3) is 2.79. The van der Waals surface area contributed by atoms with E-state index in [2.05, 4.69) is 25.9 Å². The van der Waals surface area contributed by atoms with E-state index in [9.17, 15) is 27.9 Å². The molecule has 1 saturated heterocycles. The van der Waals surface area contributed by atoms with Crippen LogP contribution in [-0.4, -0.2) is 39.5 Å². The predicted octanol–water partition coefficient (Wildman–Crippen LogP) is 1.76. The maximum atomic E-state index is 13.3. The molecular formula is C14H11BrF3N5O3. The van der Waals surface area contributed by atoms with Crippen LogP contribution in [-0.2, 0) is 11.0 Å². The number of hydrogen-bond donors (Lipinski definition) is 3. The summed E-state index contributed by atoms with van der Waals surface area (Å²) in [6.45, 7) is 0.211. The Hall–Kier alpha value is -2.63. The van der Waals surface area contributed by atoms with Crippen molar-refractivity contribution in [3.05, 3.63) is 21.8 Å². The number of primary amides is 1. The average Bonchev–Trinajstić information content (AvgIpc) is 2.46. The molecule has 3 rings (SSSR count). The van der Waals surface area contributed by atoms with E-state index in [4.69, 9.17) is 11.5 Å². The molecule has 12 heteroatoms. The highest BCUT2D eigenvalue weighted by molar-refractivity contribution is 9.10. The smallest absolute Gasteiger partial charge is 0.434 e. The molecule has 0 bridgehead atoms. The maximum absolute atomic E-state index is 13.3. The summed E-state index contributed by atoms with van der Waals surface area (Å²) in [5, 5.41) is 9.28. The Morgan fingerprint density at radius 3 is 2.46 bits per heavy atom. The molecule has 1 aliphatic heterocycles. The number of anilines is 2. The molecule has 1 amide bonds. The lowest BCUT2D eigenvalue weighted by Gasteiger charge is -2.41. The Balaban J connectivity index is 2.37. The molecule has 8 nitrogen and oxygen atoms in total. The van der Waals surface area contributed by atoms with Crippen molar-refractivity contribution in [3.8, 4) is 0 Å². The highest BCUT2D eigenvalue weighted by Gasteiger charge is 2.42. The molecule has 0 aromatic carbocycles. The molecule has 1 fully saturated rings. The molecule has 2 aromatic rings. The van der Waals surface area contributed by atoms with Crippen LogP contribution in [0.2, 0.25) is 0 Å². The van der Waals surface area contributed by atoms with Crippen molar-refractivity contribution in [3.63, 3.8) is 0 Å². The summed E-state index contributed by atoms with van der Waals surface area (Å²) >= 11 is 2.88. The number of aromatic nitrogens is 2. The number of carbonyl (C=O) groups excluding carboxylic acids is 1. The Bertz CT molecular complexity index is 950. The third-order valence-corrected chi connectivity index (χ3v) is 4.80. The summed E-state index contributed by atoms with van der Waals surface area (Å²) in [6, 6.07) is 0.164. The van der Waals surface area contributed by atoms with E-state index < -0.39 is 34.3 Å². The van der Waals surface area contributed by atoms with E-state index in [1.54, 1.807) is 0 Å². The van der Waals surface area contributed by atoms with Crippen molar-refractivity contribution in [2.24, 2.45) is 5.73 Å². The van der Waals surface area contributed by atoms with Crippen LogP contribution in [0.1, 0.15) is 22.5 Å². The molecule has 0 aliphatic carbocycles. The van der Waals surface area contributed by atoms with Crippen LogP contribution in [0.15, 0.2) is 10.5 Å². The van der Waals surface area contributed by atoms with Gasteiger partial charge in [0.15, 0.2) is 11.3 Å².